The molecule has 7 heteroatoms. The van der Waals surface area contributed by atoms with E-state index in [-0.39, 0.29) is 11.3 Å². The second kappa shape index (κ2) is 4.28. The van der Waals surface area contributed by atoms with Crippen LogP contribution >= 0.6 is 0 Å². The van der Waals surface area contributed by atoms with E-state index in [1.54, 1.807) is 0 Å². The average Bonchev–Trinajstić information content (AvgIpc) is 2.75. The number of amides is 2. The summed E-state index contributed by atoms with van der Waals surface area (Å²) in [5.74, 6) is -2.07. The van der Waals surface area contributed by atoms with Crippen LogP contribution in [0.5, 0.6) is 0 Å². The second-order valence-electron chi connectivity index (χ2n) is 3.54. The first-order valence-corrected chi connectivity index (χ1v) is 4.94. The molecule has 0 aliphatic rings. The van der Waals surface area contributed by atoms with Gasteiger partial charge in [0.15, 0.2) is 5.69 Å². The molecule has 0 aliphatic heterocycles. The van der Waals surface area contributed by atoms with E-state index in [1.807, 2.05) is 0 Å². The number of nitrogens with zero attached hydrogens (tertiary/aromatic N) is 2. The maximum atomic E-state index is 12.8. The SMILES string of the molecule is NC(=O)c1cn(-c2ccc(F)cc2)nc1C(N)=O. The molecule has 0 saturated heterocycles. The highest BCUT2D eigenvalue weighted by atomic mass is 19.1. The van der Waals surface area contributed by atoms with E-state index < -0.39 is 17.6 Å². The maximum Gasteiger partial charge on any atom is 0.270 e. The van der Waals surface area contributed by atoms with Crippen molar-refractivity contribution >= 4 is 11.8 Å². The van der Waals surface area contributed by atoms with Gasteiger partial charge in [0.05, 0.1) is 11.3 Å². The number of nitrogens with two attached hydrogens (primary N) is 2. The summed E-state index contributed by atoms with van der Waals surface area (Å²) in [6, 6.07) is 5.34. The number of halogens is 1. The molecule has 1 aromatic carbocycles. The van der Waals surface area contributed by atoms with E-state index in [0.29, 0.717) is 5.69 Å². The molecule has 0 saturated carbocycles. The van der Waals surface area contributed by atoms with Gasteiger partial charge in [0.25, 0.3) is 11.8 Å². The molecule has 6 nitrogen and oxygen atoms in total. The summed E-state index contributed by atoms with van der Waals surface area (Å²) < 4.78 is 14.0. The molecule has 0 fully saturated rings. The molecule has 0 bridgehead atoms. The monoisotopic (exact) mass is 248 g/mol. The fourth-order valence-corrected chi connectivity index (χ4v) is 1.46. The van der Waals surface area contributed by atoms with Gasteiger partial charge in [-0.05, 0) is 24.3 Å². The van der Waals surface area contributed by atoms with Gasteiger partial charge < -0.3 is 11.5 Å². The van der Waals surface area contributed by atoms with Gasteiger partial charge in [0.2, 0.25) is 0 Å². The highest BCUT2D eigenvalue weighted by Gasteiger charge is 2.18. The van der Waals surface area contributed by atoms with Crippen LogP contribution in [-0.2, 0) is 0 Å². The summed E-state index contributed by atoms with van der Waals surface area (Å²) in [6.45, 7) is 0. The number of hydrogen-bond acceptors (Lipinski definition) is 3. The first kappa shape index (κ1) is 11.8. The third-order valence-electron chi connectivity index (χ3n) is 2.30. The third kappa shape index (κ3) is 2.05. The van der Waals surface area contributed by atoms with Crippen LogP contribution in [0.25, 0.3) is 5.69 Å². The molecule has 4 N–H and O–H groups in total. The van der Waals surface area contributed by atoms with Gasteiger partial charge in [-0.15, -0.1) is 0 Å². The zero-order valence-electron chi connectivity index (χ0n) is 9.13. The summed E-state index contributed by atoms with van der Waals surface area (Å²) in [5.41, 5.74) is 10.4. The fourth-order valence-electron chi connectivity index (χ4n) is 1.46. The van der Waals surface area contributed by atoms with Crippen molar-refractivity contribution in [2.75, 3.05) is 0 Å². The third-order valence-corrected chi connectivity index (χ3v) is 2.30. The molecule has 92 valence electrons. The van der Waals surface area contributed by atoms with Crippen LogP contribution < -0.4 is 11.5 Å². The Labute approximate surface area is 101 Å². The molecular formula is C11H9FN4O2. The molecule has 1 heterocycles. The number of aromatic nitrogens is 2. The van der Waals surface area contributed by atoms with Crippen molar-refractivity contribution in [3.05, 3.63) is 47.5 Å². The number of hydrogen-bond donors (Lipinski definition) is 2. The van der Waals surface area contributed by atoms with Crippen molar-refractivity contribution in [3.8, 4) is 5.69 Å². The van der Waals surface area contributed by atoms with E-state index in [1.165, 1.54) is 35.1 Å². The Morgan fingerprint density at radius 3 is 2.17 bits per heavy atom. The van der Waals surface area contributed by atoms with E-state index in [4.69, 9.17) is 11.5 Å². The summed E-state index contributed by atoms with van der Waals surface area (Å²) in [7, 11) is 0. The smallest absolute Gasteiger partial charge is 0.270 e. The molecule has 2 amide bonds. The summed E-state index contributed by atoms with van der Waals surface area (Å²) in [4.78, 5) is 22.2. The Bertz CT molecular complexity index is 587. The van der Waals surface area contributed by atoms with Crippen LogP contribution in [-0.4, -0.2) is 21.6 Å². The summed E-state index contributed by atoms with van der Waals surface area (Å²) in [5, 5.41) is 3.85. The number of primary amides is 2. The van der Waals surface area contributed by atoms with Crippen molar-refractivity contribution in [3.63, 3.8) is 0 Å². The average molecular weight is 248 g/mol. The first-order chi connectivity index (χ1) is 8.49. The lowest BCUT2D eigenvalue weighted by molar-refractivity contribution is 0.0965. The lowest BCUT2D eigenvalue weighted by Crippen LogP contribution is -2.19. The van der Waals surface area contributed by atoms with E-state index in [2.05, 4.69) is 5.10 Å². The van der Waals surface area contributed by atoms with Crippen molar-refractivity contribution in [1.29, 1.82) is 0 Å². The summed E-state index contributed by atoms with van der Waals surface area (Å²) >= 11 is 0. The van der Waals surface area contributed by atoms with Crippen molar-refractivity contribution in [2.24, 2.45) is 11.5 Å². The van der Waals surface area contributed by atoms with Gasteiger partial charge in [-0.1, -0.05) is 0 Å². The van der Waals surface area contributed by atoms with Crippen LogP contribution in [0, 0.1) is 5.82 Å². The number of rotatable bonds is 3. The topological polar surface area (TPSA) is 104 Å². The van der Waals surface area contributed by atoms with Crippen LogP contribution in [0.15, 0.2) is 30.5 Å². The summed E-state index contributed by atoms with van der Waals surface area (Å²) in [6.07, 6.45) is 1.27. The van der Waals surface area contributed by atoms with E-state index in [0.717, 1.165) is 0 Å². The highest BCUT2D eigenvalue weighted by molar-refractivity contribution is 6.04. The molecule has 0 radical (unpaired) electrons. The van der Waals surface area contributed by atoms with Gasteiger partial charge in [0, 0.05) is 6.20 Å². The molecule has 0 atom stereocenters. The Morgan fingerprint density at radius 2 is 1.72 bits per heavy atom. The largest absolute Gasteiger partial charge is 0.365 e. The molecule has 2 rings (SSSR count). The Kier molecular flexibility index (Phi) is 2.80. The lowest BCUT2D eigenvalue weighted by Gasteiger charge is -1.99. The molecule has 18 heavy (non-hydrogen) atoms. The Balaban J connectivity index is 2.53. The quantitative estimate of drug-likeness (QED) is 0.811. The van der Waals surface area contributed by atoms with Crippen molar-refractivity contribution in [1.82, 2.24) is 9.78 Å². The predicted molar refractivity (Wildman–Crippen MR) is 60.6 cm³/mol. The van der Waals surface area contributed by atoms with Gasteiger partial charge >= 0.3 is 0 Å². The highest BCUT2D eigenvalue weighted by Crippen LogP contribution is 2.12. The van der Waals surface area contributed by atoms with Gasteiger partial charge in [0.1, 0.15) is 5.82 Å². The minimum atomic E-state index is -0.857. The minimum absolute atomic E-state index is 0.0770. The van der Waals surface area contributed by atoms with Gasteiger partial charge in [-0.25, -0.2) is 9.07 Å². The molecular weight excluding hydrogens is 239 g/mol. The van der Waals surface area contributed by atoms with Gasteiger partial charge in [-0.3, -0.25) is 9.59 Å². The van der Waals surface area contributed by atoms with E-state index in [9.17, 15) is 14.0 Å². The molecule has 0 unspecified atom stereocenters. The Hall–Kier alpha value is -2.70. The normalized spacial score (nSPS) is 10.3. The predicted octanol–water partition coefficient (Wildman–Crippen LogP) is 0.209. The lowest BCUT2D eigenvalue weighted by atomic mass is 10.2. The zero-order valence-corrected chi connectivity index (χ0v) is 9.13. The molecule has 0 spiro atoms. The van der Waals surface area contributed by atoms with Gasteiger partial charge in [-0.2, -0.15) is 5.10 Å². The number of benzene rings is 1. The second-order valence-corrected chi connectivity index (χ2v) is 3.54. The maximum absolute atomic E-state index is 12.8. The molecule has 1 aromatic heterocycles. The fraction of sp³-hybridized carbons (Fsp3) is 0. The van der Waals surface area contributed by atoms with Crippen LogP contribution in [0.3, 0.4) is 0 Å². The zero-order chi connectivity index (χ0) is 13.3. The minimum Gasteiger partial charge on any atom is -0.365 e. The van der Waals surface area contributed by atoms with Crippen LogP contribution in [0.1, 0.15) is 20.8 Å². The molecule has 0 aliphatic carbocycles. The van der Waals surface area contributed by atoms with E-state index >= 15 is 0 Å². The molecule has 2 aromatic rings. The van der Waals surface area contributed by atoms with Crippen molar-refractivity contribution in [2.45, 2.75) is 0 Å². The number of carbonyl (C=O) groups excluding carboxylic acids is 2. The first-order valence-electron chi connectivity index (χ1n) is 4.94. The number of carbonyl (C=O) groups is 2. The Morgan fingerprint density at radius 1 is 1.11 bits per heavy atom. The van der Waals surface area contributed by atoms with Crippen LogP contribution in [0.4, 0.5) is 4.39 Å². The standard InChI is InChI=1S/C11H9FN4O2/c12-6-1-3-7(4-2-6)16-5-8(10(13)17)9(15-16)11(14)18/h1-5H,(H2,13,17)(H2,14,18). The van der Waals surface area contributed by atoms with Crippen LogP contribution in [0.2, 0.25) is 0 Å². The van der Waals surface area contributed by atoms with Crippen molar-refractivity contribution < 1.29 is 14.0 Å².